The molecule has 0 bridgehead atoms. The standard InChI is InChI=1S/C11H21N2O/c1-6-12-9-7-10(2,3)13(14)11(4,5)8-9/h6,9H,7-8H2,1-5H3. The first kappa shape index (κ1) is 11.7. The van der Waals surface area contributed by atoms with E-state index < -0.39 is 0 Å². The van der Waals surface area contributed by atoms with Crippen LogP contribution in [-0.2, 0) is 5.21 Å². The lowest BCUT2D eigenvalue weighted by molar-refractivity contribution is -0.288. The number of hydroxylamine groups is 2. The zero-order valence-corrected chi connectivity index (χ0v) is 9.87. The summed E-state index contributed by atoms with van der Waals surface area (Å²) in [6.07, 6.45) is 3.55. The van der Waals surface area contributed by atoms with Gasteiger partial charge in [-0.05, 0) is 53.7 Å². The third-order valence-electron chi connectivity index (χ3n) is 2.93. The van der Waals surface area contributed by atoms with Crippen molar-refractivity contribution in [3.05, 3.63) is 0 Å². The molecule has 0 unspecified atom stereocenters. The van der Waals surface area contributed by atoms with E-state index in [1.165, 1.54) is 5.06 Å². The van der Waals surface area contributed by atoms with Gasteiger partial charge in [-0.3, -0.25) is 4.99 Å². The summed E-state index contributed by atoms with van der Waals surface area (Å²) in [7, 11) is 0. The van der Waals surface area contributed by atoms with E-state index in [1.807, 2.05) is 40.8 Å². The molecule has 0 N–H and O–H groups in total. The number of hydrogen-bond donors (Lipinski definition) is 0. The first-order valence-electron chi connectivity index (χ1n) is 5.25. The summed E-state index contributed by atoms with van der Waals surface area (Å²) < 4.78 is 0. The van der Waals surface area contributed by atoms with Crippen LogP contribution in [0.2, 0.25) is 0 Å². The summed E-state index contributed by atoms with van der Waals surface area (Å²) in [5.74, 6) is 0. The van der Waals surface area contributed by atoms with Gasteiger partial charge in [0.15, 0.2) is 0 Å². The zero-order chi connectivity index (χ0) is 11.0. The summed E-state index contributed by atoms with van der Waals surface area (Å²) in [6, 6.07) is 0.301. The molecule has 0 atom stereocenters. The Hall–Kier alpha value is -0.410. The maximum Gasteiger partial charge on any atom is 0.0532 e. The molecular weight excluding hydrogens is 176 g/mol. The molecule has 0 spiro atoms. The van der Waals surface area contributed by atoms with Crippen LogP contribution >= 0.6 is 0 Å². The second-order valence-corrected chi connectivity index (χ2v) is 5.39. The predicted molar refractivity (Wildman–Crippen MR) is 57.9 cm³/mol. The SMILES string of the molecule is CC=NC1CC(C)(C)N([O])C(C)(C)C1. The Labute approximate surface area is 86.8 Å². The van der Waals surface area contributed by atoms with E-state index in [1.54, 1.807) is 0 Å². The predicted octanol–water partition coefficient (Wildman–Crippen LogP) is 2.44. The highest BCUT2D eigenvalue weighted by Crippen LogP contribution is 2.38. The summed E-state index contributed by atoms with van der Waals surface area (Å²) in [5.41, 5.74) is -0.585. The minimum atomic E-state index is -0.293. The summed E-state index contributed by atoms with van der Waals surface area (Å²) in [6.45, 7) is 9.93. The summed E-state index contributed by atoms with van der Waals surface area (Å²) >= 11 is 0. The molecule has 1 fully saturated rings. The number of nitrogens with zero attached hydrogens (tertiary/aromatic N) is 2. The van der Waals surface area contributed by atoms with Gasteiger partial charge in [0, 0.05) is 11.1 Å². The average molecular weight is 197 g/mol. The molecular formula is C11H21N2O. The molecule has 1 rings (SSSR count). The maximum absolute atomic E-state index is 12.0. The van der Waals surface area contributed by atoms with E-state index in [4.69, 9.17) is 0 Å². The van der Waals surface area contributed by atoms with Crippen LogP contribution in [0.25, 0.3) is 0 Å². The second-order valence-electron chi connectivity index (χ2n) is 5.39. The minimum absolute atomic E-state index is 0.293. The Morgan fingerprint density at radius 2 is 1.64 bits per heavy atom. The number of piperidine rings is 1. The van der Waals surface area contributed by atoms with Crippen LogP contribution in [0.1, 0.15) is 47.5 Å². The Morgan fingerprint density at radius 1 is 1.21 bits per heavy atom. The summed E-state index contributed by atoms with van der Waals surface area (Å²) in [5, 5.41) is 13.2. The largest absolute Gasteiger partial charge is 0.294 e. The van der Waals surface area contributed by atoms with Crippen LogP contribution in [0.5, 0.6) is 0 Å². The van der Waals surface area contributed by atoms with Crippen LogP contribution in [0, 0.1) is 0 Å². The van der Waals surface area contributed by atoms with Crippen molar-refractivity contribution in [1.29, 1.82) is 0 Å². The van der Waals surface area contributed by atoms with Gasteiger partial charge in [0.1, 0.15) is 0 Å². The fraction of sp³-hybridized carbons (Fsp3) is 0.909. The quantitative estimate of drug-likeness (QED) is 0.595. The third-order valence-corrected chi connectivity index (χ3v) is 2.93. The molecule has 14 heavy (non-hydrogen) atoms. The Kier molecular flexibility index (Phi) is 3.02. The Balaban J connectivity index is 2.86. The van der Waals surface area contributed by atoms with Gasteiger partial charge in [0.05, 0.1) is 6.04 Å². The molecule has 0 aromatic carbocycles. The second kappa shape index (κ2) is 3.63. The molecule has 3 nitrogen and oxygen atoms in total. The molecule has 3 heteroatoms. The zero-order valence-electron chi connectivity index (χ0n) is 9.87. The summed E-state index contributed by atoms with van der Waals surface area (Å²) in [4.78, 5) is 4.42. The normalized spacial score (nSPS) is 28.4. The van der Waals surface area contributed by atoms with E-state index in [9.17, 15) is 5.21 Å². The van der Waals surface area contributed by atoms with Crippen LogP contribution in [-0.4, -0.2) is 28.4 Å². The van der Waals surface area contributed by atoms with Crippen molar-refractivity contribution in [2.24, 2.45) is 4.99 Å². The van der Waals surface area contributed by atoms with Gasteiger partial charge < -0.3 is 0 Å². The van der Waals surface area contributed by atoms with E-state index in [0.29, 0.717) is 6.04 Å². The highest BCUT2D eigenvalue weighted by atomic mass is 16.5. The van der Waals surface area contributed by atoms with E-state index in [2.05, 4.69) is 4.99 Å². The highest BCUT2D eigenvalue weighted by molar-refractivity contribution is 5.53. The van der Waals surface area contributed by atoms with Gasteiger partial charge in [-0.1, -0.05) is 0 Å². The molecule has 0 aromatic rings. The van der Waals surface area contributed by atoms with Crippen molar-refractivity contribution < 1.29 is 5.21 Å². The van der Waals surface area contributed by atoms with Crippen LogP contribution in [0.3, 0.4) is 0 Å². The van der Waals surface area contributed by atoms with Gasteiger partial charge in [-0.2, -0.15) is 0 Å². The average Bonchev–Trinajstić information content (AvgIpc) is 1.99. The molecule has 1 aliphatic rings. The fourth-order valence-corrected chi connectivity index (χ4v) is 2.53. The van der Waals surface area contributed by atoms with Gasteiger partial charge >= 0.3 is 0 Å². The van der Waals surface area contributed by atoms with Gasteiger partial charge in [0.2, 0.25) is 0 Å². The van der Waals surface area contributed by atoms with E-state index in [-0.39, 0.29) is 11.1 Å². The van der Waals surface area contributed by atoms with E-state index in [0.717, 1.165) is 12.8 Å². The third kappa shape index (κ3) is 2.15. The van der Waals surface area contributed by atoms with Crippen LogP contribution in [0.15, 0.2) is 4.99 Å². The Bertz CT molecular complexity index is 215. The van der Waals surface area contributed by atoms with Gasteiger partial charge in [-0.15, -0.1) is 10.3 Å². The molecule has 0 saturated carbocycles. The van der Waals surface area contributed by atoms with Gasteiger partial charge in [0.25, 0.3) is 0 Å². The molecule has 0 aromatic heterocycles. The molecule has 1 aliphatic heterocycles. The van der Waals surface area contributed by atoms with Crippen molar-refractivity contribution in [3.8, 4) is 0 Å². The first-order chi connectivity index (χ1) is 6.29. The van der Waals surface area contributed by atoms with Crippen LogP contribution in [0.4, 0.5) is 0 Å². The fourth-order valence-electron chi connectivity index (χ4n) is 2.53. The topological polar surface area (TPSA) is 35.5 Å². The van der Waals surface area contributed by atoms with Crippen molar-refractivity contribution in [2.45, 2.75) is 64.6 Å². The lowest BCUT2D eigenvalue weighted by Gasteiger charge is -2.48. The lowest BCUT2D eigenvalue weighted by Crippen LogP contribution is -2.59. The first-order valence-corrected chi connectivity index (χ1v) is 5.25. The van der Waals surface area contributed by atoms with Gasteiger partial charge in [-0.25, -0.2) is 0 Å². The number of hydrogen-bond acceptors (Lipinski definition) is 2. The molecule has 1 heterocycles. The molecule has 0 aliphatic carbocycles. The lowest BCUT2D eigenvalue weighted by atomic mass is 9.79. The molecule has 81 valence electrons. The maximum atomic E-state index is 12.0. The molecule has 1 saturated heterocycles. The smallest absolute Gasteiger partial charge is 0.0532 e. The van der Waals surface area contributed by atoms with E-state index >= 15 is 0 Å². The minimum Gasteiger partial charge on any atom is -0.294 e. The van der Waals surface area contributed by atoms with Crippen LogP contribution < -0.4 is 0 Å². The van der Waals surface area contributed by atoms with Crippen molar-refractivity contribution in [1.82, 2.24) is 5.06 Å². The monoisotopic (exact) mass is 197 g/mol. The molecule has 1 radical (unpaired) electrons. The van der Waals surface area contributed by atoms with Crippen molar-refractivity contribution >= 4 is 6.21 Å². The van der Waals surface area contributed by atoms with Crippen molar-refractivity contribution in [2.75, 3.05) is 0 Å². The number of aliphatic imine (C=N–C) groups is 1. The Morgan fingerprint density at radius 3 is 2.00 bits per heavy atom. The highest BCUT2D eigenvalue weighted by Gasteiger charge is 2.45. The molecule has 0 amide bonds. The number of rotatable bonds is 1. The van der Waals surface area contributed by atoms with Crippen molar-refractivity contribution in [3.63, 3.8) is 0 Å².